The van der Waals surface area contributed by atoms with Gasteiger partial charge in [0.2, 0.25) is 12.0 Å². The number of aromatic nitrogens is 1. The van der Waals surface area contributed by atoms with E-state index in [-0.39, 0.29) is 31.0 Å². The molecule has 6 N–H and O–H groups in total. The van der Waals surface area contributed by atoms with Crippen LogP contribution >= 0.6 is 0 Å². The van der Waals surface area contributed by atoms with Crippen LogP contribution in [-0.4, -0.2) is 118 Å². The highest BCUT2D eigenvalue weighted by molar-refractivity contribution is 5.98. The van der Waals surface area contributed by atoms with Crippen molar-refractivity contribution in [3.63, 3.8) is 0 Å². The van der Waals surface area contributed by atoms with Crippen LogP contribution in [0.1, 0.15) is 48.2 Å². The molecule has 21 heteroatoms. The number of carbonyl (C=O) groups is 2. The highest BCUT2D eigenvalue weighted by atomic mass is 19.1. The molecule has 3 aromatic carbocycles. The average Bonchev–Trinajstić information content (AvgIpc) is 4.04. The summed E-state index contributed by atoms with van der Waals surface area (Å²) in [4.78, 5) is 56.1. The van der Waals surface area contributed by atoms with Crippen molar-refractivity contribution in [2.75, 3.05) is 89.5 Å². The van der Waals surface area contributed by atoms with Gasteiger partial charge >= 0.3 is 0 Å². The number of amides is 2. The first-order valence-electron chi connectivity index (χ1n) is 20.9. The first kappa shape index (κ1) is 45.8. The Morgan fingerprint density at radius 3 is 2.37 bits per heavy atom. The third-order valence-electron chi connectivity index (χ3n) is 10.0. The molecule has 4 heterocycles. The lowest BCUT2D eigenvalue weighted by Gasteiger charge is -2.26. The molecule has 63 heavy (non-hydrogen) atoms. The van der Waals surface area contributed by atoms with Crippen LogP contribution in [0.25, 0.3) is 10.9 Å². The minimum atomic E-state index is -2.17. The van der Waals surface area contributed by atoms with E-state index in [4.69, 9.17) is 43.1 Å². The van der Waals surface area contributed by atoms with E-state index in [1.807, 2.05) is 18.2 Å². The molecular formula is C42H53F2N7O12. The maximum Gasteiger partial charge on any atom is 0.282 e. The summed E-state index contributed by atoms with van der Waals surface area (Å²) in [5.41, 5.74) is 5.04. The number of H-pyrrole nitrogens is 1. The highest BCUT2D eigenvalue weighted by Crippen LogP contribution is 2.41. The number of nitrogens with one attached hydrogen (secondary N) is 5. The van der Waals surface area contributed by atoms with Gasteiger partial charge in [-0.1, -0.05) is 11.7 Å². The minimum absolute atomic E-state index is 0.0460. The smallest absolute Gasteiger partial charge is 0.282 e. The Morgan fingerprint density at radius 1 is 0.841 bits per heavy atom. The monoisotopic (exact) mass is 885 g/mol. The number of benzene rings is 3. The van der Waals surface area contributed by atoms with E-state index in [1.165, 1.54) is 10.3 Å². The Kier molecular flexibility index (Phi) is 16.7. The molecule has 2 amide bonds. The van der Waals surface area contributed by atoms with Crippen molar-refractivity contribution in [1.82, 2.24) is 26.5 Å². The van der Waals surface area contributed by atoms with Crippen LogP contribution in [0.4, 0.5) is 20.2 Å². The summed E-state index contributed by atoms with van der Waals surface area (Å²) in [5, 5.41) is 23.0. The lowest BCUT2D eigenvalue weighted by Crippen LogP contribution is -2.47. The molecule has 2 saturated heterocycles. The molecular weight excluding hydrogens is 832 g/mol. The standard InChI is InChI=1S/C42H53F2N7O12/c43-31-23-29(24-32(44)27-31)28-47-41(53)42(54)10-13-50(63-42)33-7-8-34-30(25-33)26-36(48-34)40(52)46-12-16-56-18-20-58-22-21-57-19-17-55-14-3-1-2-11-45-35-5-4-6-37-39(35)62-51(61-37)38-9-15-59-49-60-38/h4-8,23-27,38,45,48-49,54H,1-3,9-22,28H2,(H,46,52)(H,47,53). The molecule has 0 saturated carbocycles. The van der Waals surface area contributed by atoms with Crippen LogP contribution in [0.5, 0.6) is 11.5 Å². The van der Waals surface area contributed by atoms with Gasteiger partial charge in [0.15, 0.2) is 5.75 Å². The summed E-state index contributed by atoms with van der Waals surface area (Å²) in [5.74, 6) is -3.62. The number of nitrogens with zero attached hydrogens (tertiary/aromatic N) is 2. The molecule has 3 aliphatic heterocycles. The van der Waals surface area contributed by atoms with E-state index in [2.05, 4.69) is 26.6 Å². The number of para-hydroxylation sites is 1. The van der Waals surface area contributed by atoms with Gasteiger partial charge in [0.25, 0.3) is 17.6 Å². The van der Waals surface area contributed by atoms with Gasteiger partial charge in [-0.25, -0.2) is 13.6 Å². The molecule has 3 aliphatic rings. The molecule has 0 bridgehead atoms. The van der Waals surface area contributed by atoms with Gasteiger partial charge in [-0.2, -0.15) is 0 Å². The van der Waals surface area contributed by atoms with Crippen molar-refractivity contribution in [2.45, 2.75) is 50.7 Å². The van der Waals surface area contributed by atoms with Crippen molar-refractivity contribution in [3.05, 3.63) is 83.6 Å². The topological polar surface area (TPSA) is 208 Å². The third-order valence-corrected chi connectivity index (χ3v) is 10.0. The Balaban J connectivity index is 0.664. The lowest BCUT2D eigenvalue weighted by molar-refractivity contribution is -0.376. The maximum absolute atomic E-state index is 13.5. The van der Waals surface area contributed by atoms with Gasteiger partial charge in [-0.05, 0) is 73.4 Å². The molecule has 19 nitrogen and oxygen atoms in total. The van der Waals surface area contributed by atoms with E-state index in [0.29, 0.717) is 106 Å². The van der Waals surface area contributed by atoms with Crippen LogP contribution in [0, 0.1) is 11.6 Å². The highest BCUT2D eigenvalue weighted by Gasteiger charge is 2.45. The number of rotatable bonds is 25. The molecule has 2 unspecified atom stereocenters. The summed E-state index contributed by atoms with van der Waals surface area (Å²) >= 11 is 0. The van der Waals surface area contributed by atoms with Crippen molar-refractivity contribution < 1.29 is 66.6 Å². The maximum atomic E-state index is 13.5. The van der Waals surface area contributed by atoms with Gasteiger partial charge in [0, 0.05) is 56.1 Å². The van der Waals surface area contributed by atoms with E-state index < -0.39 is 29.6 Å². The largest absolute Gasteiger partial charge is 0.382 e. The summed E-state index contributed by atoms with van der Waals surface area (Å²) in [6.07, 6.45) is 3.04. The van der Waals surface area contributed by atoms with Gasteiger partial charge in [-0.3, -0.25) is 24.3 Å². The summed E-state index contributed by atoms with van der Waals surface area (Å²) in [7, 11) is 0. The number of unbranched alkanes of at least 4 members (excludes halogenated alkanes) is 2. The second-order valence-electron chi connectivity index (χ2n) is 14.7. The van der Waals surface area contributed by atoms with Gasteiger partial charge < -0.3 is 54.7 Å². The number of aromatic amines is 1. The molecule has 4 aromatic rings. The zero-order valence-corrected chi connectivity index (χ0v) is 34.7. The summed E-state index contributed by atoms with van der Waals surface area (Å²) < 4.78 is 49.4. The van der Waals surface area contributed by atoms with E-state index in [0.717, 1.165) is 49.7 Å². The fourth-order valence-electron chi connectivity index (χ4n) is 6.76. The molecule has 1 aromatic heterocycles. The Morgan fingerprint density at radius 2 is 1.60 bits per heavy atom. The number of fused-ring (bicyclic) bond motifs is 2. The zero-order valence-electron chi connectivity index (χ0n) is 34.7. The third kappa shape index (κ3) is 13.2. The SMILES string of the molecule is O=C(NCCOCCOCCOCCOCCCCCNc1cccc2c1ON(C1CCONO1)O2)c1cc2cc(N3CCC(O)(C(=O)NCc4cc(F)cc(F)c4)O3)ccc2[nH]1. The fourth-order valence-corrected chi connectivity index (χ4v) is 6.76. The Bertz CT molecular complexity index is 2090. The minimum Gasteiger partial charge on any atom is -0.382 e. The number of hydrogen-bond acceptors (Lipinski definition) is 16. The van der Waals surface area contributed by atoms with Crippen molar-refractivity contribution >= 4 is 34.1 Å². The number of ether oxygens (including phenoxy) is 4. The average molecular weight is 886 g/mol. The van der Waals surface area contributed by atoms with Gasteiger partial charge in [-0.15, -0.1) is 0 Å². The second-order valence-corrected chi connectivity index (χ2v) is 14.7. The Hall–Kier alpha value is -5.20. The number of aliphatic hydroxyl groups is 1. The number of hydrogen-bond donors (Lipinski definition) is 6. The van der Waals surface area contributed by atoms with Crippen molar-refractivity contribution in [2.24, 2.45) is 0 Å². The van der Waals surface area contributed by atoms with Crippen LogP contribution in [0.15, 0.2) is 60.7 Å². The van der Waals surface area contributed by atoms with Crippen LogP contribution in [0.3, 0.4) is 0 Å². The van der Waals surface area contributed by atoms with E-state index in [9.17, 15) is 23.5 Å². The summed E-state index contributed by atoms with van der Waals surface area (Å²) in [6.45, 7) is 5.13. The summed E-state index contributed by atoms with van der Waals surface area (Å²) in [6, 6.07) is 15.5. The van der Waals surface area contributed by atoms with Crippen LogP contribution in [0.2, 0.25) is 0 Å². The number of anilines is 2. The number of carbonyl (C=O) groups excluding carboxylic acids is 2. The van der Waals surface area contributed by atoms with Crippen LogP contribution < -0.4 is 36.3 Å². The molecule has 0 aliphatic carbocycles. The lowest BCUT2D eigenvalue weighted by atomic mass is 10.1. The van der Waals surface area contributed by atoms with E-state index in [1.54, 1.807) is 24.3 Å². The number of halogens is 2. The van der Waals surface area contributed by atoms with Crippen LogP contribution in [-0.2, 0) is 44.8 Å². The van der Waals surface area contributed by atoms with Crippen molar-refractivity contribution in [1.29, 1.82) is 0 Å². The molecule has 7 rings (SSSR count). The predicted molar refractivity (Wildman–Crippen MR) is 221 cm³/mol. The quantitative estimate of drug-likeness (QED) is 0.0524. The normalized spacial score (nSPS) is 18.6. The van der Waals surface area contributed by atoms with Gasteiger partial charge in [0.05, 0.1) is 76.0 Å². The predicted octanol–water partition coefficient (Wildman–Crippen LogP) is 3.76. The molecule has 2 fully saturated rings. The van der Waals surface area contributed by atoms with E-state index >= 15 is 0 Å². The van der Waals surface area contributed by atoms with Gasteiger partial charge in [0.1, 0.15) is 17.3 Å². The Labute approximate surface area is 361 Å². The first-order valence-corrected chi connectivity index (χ1v) is 20.9. The second kappa shape index (κ2) is 22.9. The fraction of sp³-hybridized carbons (Fsp3) is 0.476. The molecule has 0 spiro atoms. The zero-order chi connectivity index (χ0) is 43.9. The molecule has 2 atom stereocenters. The molecule has 342 valence electrons. The molecule has 0 radical (unpaired) electrons. The first-order chi connectivity index (χ1) is 30.7. The van der Waals surface area contributed by atoms with Crippen molar-refractivity contribution in [3.8, 4) is 11.5 Å². The number of hydroxylamine groups is 3.